The van der Waals surface area contributed by atoms with E-state index in [-0.39, 0.29) is 33.9 Å². The van der Waals surface area contributed by atoms with Gasteiger partial charge in [0.25, 0.3) is 0 Å². The zero-order chi connectivity index (χ0) is 27.4. The average molecular weight is 553 g/mol. The molecule has 6 heteroatoms. The maximum atomic E-state index is 12.7. The van der Waals surface area contributed by atoms with E-state index in [1.807, 2.05) is 45.0 Å². The molecule has 216 valence electrons. The number of benzene rings is 4. The number of hydrogen-bond acceptors (Lipinski definition) is 0. The van der Waals surface area contributed by atoms with Gasteiger partial charge in [-0.2, -0.15) is 0 Å². The van der Waals surface area contributed by atoms with Gasteiger partial charge in [0.1, 0.15) is 11.6 Å². The van der Waals surface area contributed by atoms with Gasteiger partial charge in [0.05, 0.1) is 0 Å². The fourth-order valence-corrected chi connectivity index (χ4v) is 2.84. The highest BCUT2D eigenvalue weighted by Crippen LogP contribution is 2.22. The Morgan fingerprint density at radius 2 is 0.692 bits per heavy atom. The van der Waals surface area contributed by atoms with Gasteiger partial charge in [0.2, 0.25) is 0 Å². The molecule has 4 aromatic rings. The second-order valence-corrected chi connectivity index (χ2v) is 8.26. The quantitative estimate of drug-likeness (QED) is 0.150. The molecule has 0 aliphatic heterocycles. The molecule has 0 N–H and O–H groups in total. The van der Waals surface area contributed by atoms with E-state index < -0.39 is 34.4 Å². The van der Waals surface area contributed by atoms with Crippen molar-refractivity contribution in [2.24, 2.45) is 0 Å². The summed E-state index contributed by atoms with van der Waals surface area (Å²) in [6.07, 6.45) is 0. The third-order valence-electron chi connectivity index (χ3n) is 4.84. The number of halogens is 6. The standard InChI is InChI=1S/C8H6F4.C8H9F.C7H7F.C7H8.3CH4/c1-3-5(9)7(11)4(2)8(12)6(3)10;1-6-3-7(2)5-8(9)4-6;1-6-2-4-7(8)5-3-6;1-7-5-3-2-4-6-7;;;/h1-2H3;3-5H,1-2H3;2-5H,1H3;2-6H,1H3;3*1H4. The molecule has 0 nitrogen and oxygen atoms in total. The molecule has 0 aliphatic rings. The van der Waals surface area contributed by atoms with Crippen LogP contribution in [0.5, 0.6) is 0 Å². The van der Waals surface area contributed by atoms with Crippen molar-refractivity contribution in [3.63, 3.8) is 0 Å². The summed E-state index contributed by atoms with van der Waals surface area (Å²) in [5.41, 5.74) is 3.11. The van der Waals surface area contributed by atoms with Gasteiger partial charge in [-0.25, -0.2) is 26.3 Å². The molecule has 39 heavy (non-hydrogen) atoms. The highest BCUT2D eigenvalue weighted by Gasteiger charge is 2.19. The number of hydrogen-bond donors (Lipinski definition) is 0. The maximum Gasteiger partial charge on any atom is 0.165 e. The van der Waals surface area contributed by atoms with Crippen molar-refractivity contribution in [2.75, 3.05) is 0 Å². The Kier molecular flexibility index (Phi) is 20.0. The molecule has 0 radical (unpaired) electrons. The molecule has 0 fully saturated rings. The van der Waals surface area contributed by atoms with Crippen molar-refractivity contribution in [3.05, 3.63) is 141 Å². The van der Waals surface area contributed by atoms with Crippen molar-refractivity contribution in [3.8, 4) is 0 Å². The molecule has 4 aromatic carbocycles. The van der Waals surface area contributed by atoms with Gasteiger partial charge in [-0.15, -0.1) is 0 Å². The van der Waals surface area contributed by atoms with E-state index >= 15 is 0 Å². The van der Waals surface area contributed by atoms with Crippen molar-refractivity contribution in [2.45, 2.75) is 63.8 Å². The van der Waals surface area contributed by atoms with Crippen LogP contribution in [0.2, 0.25) is 0 Å². The Morgan fingerprint density at radius 3 is 0.949 bits per heavy atom. The SMILES string of the molecule is C.C.C.Cc1c(F)c(F)c(C)c(F)c1F.Cc1cc(C)cc(F)c1.Cc1ccc(F)cc1.Cc1ccccc1. The molecule has 0 spiro atoms. The molecule has 0 saturated carbocycles. The molecule has 0 atom stereocenters. The Morgan fingerprint density at radius 1 is 0.359 bits per heavy atom. The van der Waals surface area contributed by atoms with E-state index in [1.54, 1.807) is 12.1 Å². The van der Waals surface area contributed by atoms with Crippen LogP contribution >= 0.6 is 0 Å². The van der Waals surface area contributed by atoms with Crippen molar-refractivity contribution >= 4 is 0 Å². The largest absolute Gasteiger partial charge is 0.207 e. The molecule has 0 aromatic heterocycles. The predicted octanol–water partition coefficient (Wildman–Crippen LogP) is 11.3. The highest BCUT2D eigenvalue weighted by molar-refractivity contribution is 5.27. The smallest absolute Gasteiger partial charge is 0.165 e. The summed E-state index contributed by atoms with van der Waals surface area (Å²) in [5.74, 6) is -5.63. The van der Waals surface area contributed by atoms with Crippen LogP contribution in [-0.2, 0) is 0 Å². The Bertz CT molecular complexity index is 1060. The summed E-state index contributed by atoms with van der Waals surface area (Å²) in [5, 5.41) is 0. The third-order valence-corrected chi connectivity index (χ3v) is 4.84. The molecule has 0 bridgehead atoms. The minimum Gasteiger partial charge on any atom is -0.207 e. The highest BCUT2D eigenvalue weighted by atomic mass is 19.2. The summed E-state index contributed by atoms with van der Waals surface area (Å²) in [7, 11) is 0. The van der Waals surface area contributed by atoms with Crippen LogP contribution in [0.4, 0.5) is 26.3 Å². The van der Waals surface area contributed by atoms with Gasteiger partial charge in [-0.1, -0.05) is 81.9 Å². The zero-order valence-electron chi connectivity index (χ0n) is 21.2. The van der Waals surface area contributed by atoms with Crippen LogP contribution in [-0.4, -0.2) is 0 Å². The van der Waals surface area contributed by atoms with E-state index in [1.165, 1.54) is 29.8 Å². The van der Waals surface area contributed by atoms with Crippen molar-refractivity contribution < 1.29 is 26.3 Å². The first-order valence-corrected chi connectivity index (χ1v) is 11.1. The Labute approximate surface area is 231 Å². The Balaban J connectivity index is -0.000000440. The van der Waals surface area contributed by atoms with Crippen LogP contribution in [0.15, 0.2) is 72.8 Å². The lowest BCUT2D eigenvalue weighted by Crippen LogP contribution is -2.02. The van der Waals surface area contributed by atoms with E-state index in [0.29, 0.717) is 0 Å². The number of rotatable bonds is 0. The molecule has 0 heterocycles. The first kappa shape index (κ1) is 40.0. The van der Waals surface area contributed by atoms with Crippen LogP contribution in [0.3, 0.4) is 0 Å². The summed E-state index contributed by atoms with van der Waals surface area (Å²) >= 11 is 0. The topological polar surface area (TPSA) is 0 Å². The molecule has 0 saturated heterocycles. The lowest BCUT2D eigenvalue weighted by molar-refractivity contribution is 0.436. The summed E-state index contributed by atoms with van der Waals surface area (Å²) in [4.78, 5) is 0. The van der Waals surface area contributed by atoms with Crippen LogP contribution in [0.25, 0.3) is 0 Å². The molecule has 0 amide bonds. The van der Waals surface area contributed by atoms with E-state index in [2.05, 4.69) is 19.1 Å². The zero-order valence-corrected chi connectivity index (χ0v) is 21.2. The fourth-order valence-electron chi connectivity index (χ4n) is 2.84. The first-order chi connectivity index (χ1) is 16.8. The van der Waals surface area contributed by atoms with Gasteiger partial charge >= 0.3 is 0 Å². The predicted molar refractivity (Wildman–Crippen MR) is 154 cm³/mol. The van der Waals surface area contributed by atoms with Gasteiger partial charge in [0, 0.05) is 11.1 Å². The van der Waals surface area contributed by atoms with Crippen molar-refractivity contribution in [1.82, 2.24) is 0 Å². The lowest BCUT2D eigenvalue weighted by atomic mass is 10.1. The lowest BCUT2D eigenvalue weighted by Gasteiger charge is -2.04. The van der Waals surface area contributed by atoms with Crippen molar-refractivity contribution in [1.29, 1.82) is 0 Å². The van der Waals surface area contributed by atoms with E-state index in [0.717, 1.165) is 30.5 Å². The second kappa shape index (κ2) is 19.5. The monoisotopic (exact) mass is 552 g/mol. The van der Waals surface area contributed by atoms with Gasteiger partial charge in [0.15, 0.2) is 23.3 Å². The molecule has 0 aliphatic carbocycles. The molecular weight excluding hydrogens is 510 g/mol. The van der Waals surface area contributed by atoms with Gasteiger partial charge in [-0.05, 0) is 76.9 Å². The van der Waals surface area contributed by atoms with E-state index in [4.69, 9.17) is 0 Å². The van der Waals surface area contributed by atoms with E-state index in [9.17, 15) is 26.3 Å². The first-order valence-electron chi connectivity index (χ1n) is 11.1. The number of aryl methyl sites for hydroxylation is 4. The molecule has 0 unspecified atom stereocenters. The maximum absolute atomic E-state index is 12.7. The minimum absolute atomic E-state index is 0. The normalized spacial score (nSPS) is 8.92. The second-order valence-electron chi connectivity index (χ2n) is 8.26. The summed E-state index contributed by atoms with van der Waals surface area (Å²) in [6, 6.07) is 21.6. The van der Waals surface area contributed by atoms with Gasteiger partial charge in [-0.3, -0.25) is 0 Å². The Hall–Kier alpha value is -3.54. The van der Waals surface area contributed by atoms with Crippen LogP contribution < -0.4 is 0 Å². The summed E-state index contributed by atoms with van der Waals surface area (Å²) < 4.78 is 75.1. The fraction of sp³-hybridized carbons (Fsp3) is 0.273. The minimum atomic E-state index is -1.33. The third kappa shape index (κ3) is 14.3. The molecule has 4 rings (SSSR count). The molecular formula is C33H42F6. The van der Waals surface area contributed by atoms with Gasteiger partial charge < -0.3 is 0 Å². The van der Waals surface area contributed by atoms with Crippen LogP contribution in [0.1, 0.15) is 55.7 Å². The summed E-state index contributed by atoms with van der Waals surface area (Å²) in [6.45, 7) is 9.75. The van der Waals surface area contributed by atoms with Crippen LogP contribution in [0, 0.1) is 76.4 Å². The average Bonchev–Trinajstić information content (AvgIpc) is 2.83.